The number of rotatable bonds is 3. The molecule has 2 atom stereocenters. The Morgan fingerprint density at radius 1 is 1.25 bits per heavy atom. The molecular weight excluding hydrogens is 427 g/mol. The van der Waals surface area contributed by atoms with Crippen LogP contribution in [0.15, 0.2) is 29.1 Å². The van der Waals surface area contributed by atoms with Crippen LogP contribution in [0.4, 0.5) is 30.6 Å². The molecule has 3 heterocycles. The van der Waals surface area contributed by atoms with E-state index in [0.717, 1.165) is 31.4 Å². The molecule has 4 rings (SSSR count). The van der Waals surface area contributed by atoms with Gasteiger partial charge < -0.3 is 15.5 Å². The third-order valence-electron chi connectivity index (χ3n) is 5.79. The first-order chi connectivity index (χ1) is 15.1. The van der Waals surface area contributed by atoms with Crippen LogP contribution < -0.4 is 21.1 Å². The van der Waals surface area contributed by atoms with E-state index in [0.29, 0.717) is 12.5 Å². The van der Waals surface area contributed by atoms with E-state index in [2.05, 4.69) is 20.6 Å². The minimum atomic E-state index is -4.57. The second-order valence-electron chi connectivity index (χ2n) is 8.06. The summed E-state index contributed by atoms with van der Waals surface area (Å²) in [7, 11) is 0. The van der Waals surface area contributed by atoms with E-state index in [4.69, 9.17) is 0 Å². The van der Waals surface area contributed by atoms with Gasteiger partial charge in [-0.05, 0) is 44.4 Å². The molecule has 2 unspecified atom stereocenters. The van der Waals surface area contributed by atoms with Crippen molar-refractivity contribution in [3.8, 4) is 0 Å². The van der Waals surface area contributed by atoms with Crippen LogP contribution in [0.5, 0.6) is 0 Å². The number of aromatic amines is 1. The van der Waals surface area contributed by atoms with Gasteiger partial charge in [-0.1, -0.05) is 6.07 Å². The maximum Gasteiger partial charge on any atom is 0.416 e. The number of nitrogens with zero attached hydrogens (tertiary/aromatic N) is 2. The normalized spacial score (nSPS) is 21.0. The highest BCUT2D eigenvalue weighted by Crippen LogP contribution is 2.33. The van der Waals surface area contributed by atoms with Crippen LogP contribution in [-0.4, -0.2) is 34.4 Å². The lowest BCUT2D eigenvalue weighted by molar-refractivity contribution is -0.137. The summed E-state index contributed by atoms with van der Waals surface area (Å²) in [4.78, 5) is 47.0. The molecule has 0 spiro atoms. The highest BCUT2D eigenvalue weighted by molar-refractivity contribution is 6.04. The molecule has 0 bridgehead atoms. The van der Waals surface area contributed by atoms with E-state index in [1.807, 2.05) is 11.8 Å². The van der Waals surface area contributed by atoms with Crippen molar-refractivity contribution in [2.24, 2.45) is 0 Å². The second kappa shape index (κ2) is 8.29. The van der Waals surface area contributed by atoms with E-state index in [-0.39, 0.29) is 29.5 Å². The molecule has 2 aliphatic heterocycles. The summed E-state index contributed by atoms with van der Waals surface area (Å²) >= 11 is 0. The van der Waals surface area contributed by atoms with Crippen LogP contribution in [0.25, 0.3) is 0 Å². The van der Waals surface area contributed by atoms with Crippen LogP contribution in [0, 0.1) is 0 Å². The Kier molecular flexibility index (Phi) is 5.66. The predicted molar refractivity (Wildman–Crippen MR) is 112 cm³/mol. The van der Waals surface area contributed by atoms with Crippen LogP contribution >= 0.6 is 0 Å². The van der Waals surface area contributed by atoms with Crippen LogP contribution in [0.1, 0.15) is 49.7 Å². The highest BCUT2D eigenvalue weighted by Gasteiger charge is 2.36. The zero-order valence-electron chi connectivity index (χ0n) is 17.3. The summed E-state index contributed by atoms with van der Waals surface area (Å²) in [6, 6.07) is 4.31. The van der Waals surface area contributed by atoms with Crippen molar-refractivity contribution in [1.82, 2.24) is 9.97 Å². The number of hydrogen-bond donors (Lipinski definition) is 3. The van der Waals surface area contributed by atoms with Gasteiger partial charge in [-0.25, -0.2) is 0 Å². The second-order valence-corrected chi connectivity index (χ2v) is 8.06. The molecular formula is C21H22F3N5O3. The molecule has 11 heteroatoms. The number of carbonyl (C=O) groups is 2. The van der Waals surface area contributed by atoms with E-state index in [1.165, 1.54) is 12.1 Å². The zero-order valence-corrected chi connectivity index (χ0v) is 17.3. The number of anilines is 3. The third kappa shape index (κ3) is 4.32. The van der Waals surface area contributed by atoms with Crippen molar-refractivity contribution < 1.29 is 22.8 Å². The highest BCUT2D eigenvalue weighted by atomic mass is 19.4. The van der Waals surface area contributed by atoms with Crippen LogP contribution in [-0.2, 0) is 15.8 Å². The average molecular weight is 449 g/mol. The maximum atomic E-state index is 13.0. The monoisotopic (exact) mass is 449 g/mol. The quantitative estimate of drug-likeness (QED) is 0.667. The molecule has 1 aromatic carbocycles. The van der Waals surface area contributed by atoms with Crippen LogP contribution in [0.3, 0.4) is 0 Å². The van der Waals surface area contributed by atoms with Gasteiger partial charge in [-0.3, -0.25) is 19.4 Å². The van der Waals surface area contributed by atoms with Gasteiger partial charge in [0, 0.05) is 24.7 Å². The number of fused-ring (bicyclic) bond motifs is 1. The van der Waals surface area contributed by atoms with Crippen molar-refractivity contribution in [2.75, 3.05) is 22.1 Å². The van der Waals surface area contributed by atoms with Crippen molar-refractivity contribution in [3.05, 3.63) is 45.7 Å². The Morgan fingerprint density at radius 2 is 2.03 bits per heavy atom. The van der Waals surface area contributed by atoms with Gasteiger partial charge in [0.2, 0.25) is 17.8 Å². The van der Waals surface area contributed by atoms with E-state index < -0.39 is 35.0 Å². The number of hydrogen-bond acceptors (Lipinski definition) is 5. The van der Waals surface area contributed by atoms with Crippen molar-refractivity contribution >= 4 is 29.3 Å². The first-order valence-corrected chi connectivity index (χ1v) is 10.3. The van der Waals surface area contributed by atoms with Crippen molar-refractivity contribution in [1.29, 1.82) is 0 Å². The fourth-order valence-corrected chi connectivity index (χ4v) is 4.13. The summed E-state index contributed by atoms with van der Waals surface area (Å²) in [6.07, 6.45) is -1.93. The number of benzene rings is 1. The van der Waals surface area contributed by atoms with Crippen molar-refractivity contribution in [3.63, 3.8) is 0 Å². The van der Waals surface area contributed by atoms with Gasteiger partial charge in [0.15, 0.2) is 0 Å². The molecule has 1 saturated heterocycles. The Bertz CT molecular complexity index is 1110. The van der Waals surface area contributed by atoms with E-state index in [1.54, 1.807) is 0 Å². The molecule has 1 fully saturated rings. The number of nitrogens with one attached hydrogen (secondary N) is 3. The lowest BCUT2D eigenvalue weighted by Crippen LogP contribution is -2.42. The topological polar surface area (TPSA) is 107 Å². The Labute approximate surface area is 181 Å². The molecule has 2 aliphatic rings. The predicted octanol–water partition coefficient (Wildman–Crippen LogP) is 3.23. The van der Waals surface area contributed by atoms with Gasteiger partial charge in [0.05, 0.1) is 17.0 Å². The fraction of sp³-hybridized carbons (Fsp3) is 0.429. The zero-order chi connectivity index (χ0) is 23.0. The number of halogens is 3. The molecule has 0 aliphatic carbocycles. The number of amides is 2. The lowest BCUT2D eigenvalue weighted by Gasteiger charge is -2.34. The summed E-state index contributed by atoms with van der Waals surface area (Å²) in [6.45, 7) is 2.72. The summed E-state index contributed by atoms with van der Waals surface area (Å²) in [5.74, 6) is -2.12. The minimum absolute atomic E-state index is 0.00182. The largest absolute Gasteiger partial charge is 0.416 e. The summed E-state index contributed by atoms with van der Waals surface area (Å²) in [5.41, 5.74) is -1.58. The summed E-state index contributed by atoms with van der Waals surface area (Å²) in [5, 5.41) is 4.94. The molecule has 0 saturated carbocycles. The Morgan fingerprint density at radius 3 is 2.75 bits per heavy atom. The maximum absolute atomic E-state index is 13.0. The first-order valence-electron chi connectivity index (χ1n) is 10.3. The SMILES string of the molecule is CC1CCCCN1c1nc2c(c(=O)[nH]1)C(C(=O)Nc1cccc(C(F)(F)F)c1)CC(=O)N2. The van der Waals surface area contributed by atoms with E-state index in [9.17, 15) is 27.6 Å². The number of piperidine rings is 1. The molecule has 170 valence electrons. The van der Waals surface area contributed by atoms with Gasteiger partial charge in [0.1, 0.15) is 5.82 Å². The molecule has 32 heavy (non-hydrogen) atoms. The minimum Gasteiger partial charge on any atom is -0.340 e. The molecule has 2 aromatic rings. The molecule has 0 radical (unpaired) electrons. The number of alkyl halides is 3. The summed E-state index contributed by atoms with van der Waals surface area (Å²) < 4.78 is 38.9. The Balaban J connectivity index is 1.64. The van der Waals surface area contributed by atoms with Gasteiger partial charge in [0.25, 0.3) is 5.56 Å². The lowest BCUT2D eigenvalue weighted by atomic mass is 9.92. The van der Waals surface area contributed by atoms with Crippen molar-refractivity contribution in [2.45, 2.75) is 50.7 Å². The van der Waals surface area contributed by atoms with E-state index >= 15 is 0 Å². The molecule has 1 aromatic heterocycles. The molecule has 2 amide bonds. The molecule has 8 nitrogen and oxygen atoms in total. The standard InChI is InChI=1S/C21H22F3N5O3/c1-11-5-2-3-8-29(11)20-27-17-16(19(32)28-20)14(10-15(30)26-17)18(31)25-13-7-4-6-12(9-13)21(22,23)24/h4,6-7,9,11,14H,2-3,5,8,10H2,1H3,(H,25,31)(H2,26,27,28,30,32). The van der Waals surface area contributed by atoms with Gasteiger partial charge in [-0.2, -0.15) is 18.2 Å². The number of aromatic nitrogens is 2. The number of carbonyl (C=O) groups excluding carboxylic acids is 2. The Hall–Kier alpha value is -3.37. The fourth-order valence-electron chi connectivity index (χ4n) is 4.13. The van der Waals surface area contributed by atoms with Gasteiger partial charge >= 0.3 is 6.18 Å². The smallest absolute Gasteiger partial charge is 0.340 e. The number of H-pyrrole nitrogens is 1. The van der Waals surface area contributed by atoms with Crippen LogP contribution in [0.2, 0.25) is 0 Å². The first kappa shape index (κ1) is 21.8. The average Bonchev–Trinajstić information content (AvgIpc) is 2.72. The molecule has 3 N–H and O–H groups in total. The van der Waals surface area contributed by atoms with Gasteiger partial charge in [-0.15, -0.1) is 0 Å². The third-order valence-corrected chi connectivity index (χ3v) is 5.79.